The number of hydrogen-bond acceptors (Lipinski definition) is 2. The van der Waals surface area contributed by atoms with Crippen molar-refractivity contribution in [3.8, 4) is 0 Å². The molecule has 2 aliphatic rings. The van der Waals surface area contributed by atoms with Crippen LogP contribution in [-0.2, 0) is 12.6 Å². The lowest BCUT2D eigenvalue weighted by Gasteiger charge is -2.38. The van der Waals surface area contributed by atoms with Crippen LogP contribution in [0.15, 0.2) is 24.3 Å². The summed E-state index contributed by atoms with van der Waals surface area (Å²) in [4.78, 5) is 19.0. The predicted molar refractivity (Wildman–Crippen MR) is 125 cm³/mol. The molecular weight excluding hydrogens is 423 g/mol. The van der Waals surface area contributed by atoms with Crippen LogP contribution in [-0.4, -0.2) is 10.8 Å². The van der Waals surface area contributed by atoms with E-state index < -0.39 is 11.7 Å². The molecule has 1 aromatic heterocycles. The summed E-state index contributed by atoms with van der Waals surface area (Å²) >= 11 is 0. The number of ketones is 1. The highest BCUT2D eigenvalue weighted by molar-refractivity contribution is 6.11. The summed E-state index contributed by atoms with van der Waals surface area (Å²) in [5, 5.41) is 0. The summed E-state index contributed by atoms with van der Waals surface area (Å²) < 4.78 is 39.2. The smallest absolute Gasteiger partial charge is 0.289 e. The number of aromatic nitrogens is 1. The molecule has 4 rings (SSSR count). The highest BCUT2D eigenvalue weighted by Crippen LogP contribution is 2.49. The minimum atomic E-state index is -4.42. The van der Waals surface area contributed by atoms with Gasteiger partial charge in [0.15, 0.2) is 5.78 Å². The third kappa shape index (κ3) is 4.61. The van der Waals surface area contributed by atoms with Crippen LogP contribution in [0.5, 0.6) is 0 Å². The third-order valence-corrected chi connectivity index (χ3v) is 7.39. The van der Waals surface area contributed by atoms with Crippen LogP contribution in [0.1, 0.15) is 128 Å². The zero-order valence-electron chi connectivity index (χ0n) is 20.3. The Morgan fingerprint density at radius 1 is 1.06 bits per heavy atom. The Balaban J connectivity index is 1.93. The number of hydrogen-bond donors (Lipinski definition) is 0. The minimum absolute atomic E-state index is 0.0456. The van der Waals surface area contributed by atoms with Crippen LogP contribution in [0.2, 0.25) is 0 Å². The molecule has 2 aliphatic carbocycles. The molecule has 2 aromatic rings. The highest BCUT2D eigenvalue weighted by Gasteiger charge is 2.39. The second kappa shape index (κ2) is 8.56. The molecule has 1 heterocycles. The van der Waals surface area contributed by atoms with Gasteiger partial charge in [0.1, 0.15) is 0 Å². The predicted octanol–water partition coefficient (Wildman–Crippen LogP) is 8.19. The Morgan fingerprint density at radius 2 is 1.67 bits per heavy atom. The van der Waals surface area contributed by atoms with Gasteiger partial charge in [0, 0.05) is 16.8 Å². The third-order valence-electron chi connectivity index (χ3n) is 7.39. The summed E-state index contributed by atoms with van der Waals surface area (Å²) in [7, 11) is 0. The fraction of sp³-hybridized carbons (Fsp3) is 0.571. The lowest BCUT2D eigenvalue weighted by molar-refractivity contribution is -0.137. The van der Waals surface area contributed by atoms with Gasteiger partial charge in [-0.15, -0.1) is 0 Å². The van der Waals surface area contributed by atoms with E-state index in [1.54, 1.807) is 0 Å². The monoisotopic (exact) mass is 457 g/mol. The number of fused-ring (bicyclic) bond motifs is 1. The average Bonchev–Trinajstić information content (AvgIpc) is 3.25. The number of carbonyl (C=O) groups excluding carboxylic acids is 1. The van der Waals surface area contributed by atoms with Gasteiger partial charge in [0.05, 0.1) is 11.3 Å². The van der Waals surface area contributed by atoms with Crippen LogP contribution < -0.4 is 0 Å². The van der Waals surface area contributed by atoms with Gasteiger partial charge in [-0.2, -0.15) is 13.2 Å². The van der Waals surface area contributed by atoms with Gasteiger partial charge in [0.25, 0.3) is 0 Å². The van der Waals surface area contributed by atoms with Gasteiger partial charge in [0.2, 0.25) is 0 Å². The highest BCUT2D eigenvalue weighted by atomic mass is 19.4. The standard InChI is InChI=1S/C28H34F3NO/c1-16(2)25-24(26(33)19-10-12-20(13-11-19)28(29,30)31)23(18-8-6-7-9-18)22-17(3)14-27(4,5)15-21(22)32-25/h10-13,16-18H,6-9,14-15H2,1-5H3/t17-/m0/s1. The van der Waals surface area contributed by atoms with E-state index in [9.17, 15) is 18.0 Å². The molecule has 2 nitrogen and oxygen atoms in total. The van der Waals surface area contributed by atoms with E-state index in [-0.39, 0.29) is 17.1 Å². The van der Waals surface area contributed by atoms with Crippen LogP contribution in [0.4, 0.5) is 13.2 Å². The van der Waals surface area contributed by atoms with E-state index in [1.165, 1.54) is 17.7 Å². The summed E-state index contributed by atoms with van der Waals surface area (Å²) in [6.45, 7) is 10.9. The van der Waals surface area contributed by atoms with E-state index >= 15 is 0 Å². The van der Waals surface area contributed by atoms with Gasteiger partial charge >= 0.3 is 6.18 Å². The molecule has 1 saturated carbocycles. The number of rotatable bonds is 4. The van der Waals surface area contributed by atoms with Crippen LogP contribution >= 0.6 is 0 Å². The molecular formula is C28H34F3NO. The zero-order valence-corrected chi connectivity index (χ0v) is 20.3. The Kier molecular flexibility index (Phi) is 6.22. The van der Waals surface area contributed by atoms with E-state index in [1.807, 2.05) is 13.8 Å². The van der Waals surface area contributed by atoms with Crippen molar-refractivity contribution < 1.29 is 18.0 Å². The van der Waals surface area contributed by atoms with Gasteiger partial charge in [-0.1, -0.05) is 59.6 Å². The molecule has 0 saturated heterocycles. The van der Waals surface area contributed by atoms with Gasteiger partial charge in [-0.05, 0) is 72.1 Å². The molecule has 0 unspecified atom stereocenters. The number of nitrogens with zero attached hydrogens (tertiary/aromatic N) is 1. The van der Waals surface area contributed by atoms with Crippen molar-refractivity contribution in [2.75, 3.05) is 0 Å². The first-order valence-corrected chi connectivity index (χ1v) is 12.2. The Labute approximate surface area is 195 Å². The molecule has 0 spiro atoms. The lowest BCUT2D eigenvalue weighted by atomic mass is 9.67. The van der Waals surface area contributed by atoms with Crippen molar-refractivity contribution in [1.29, 1.82) is 0 Å². The molecule has 33 heavy (non-hydrogen) atoms. The maximum atomic E-state index is 13.9. The number of halogens is 3. The van der Waals surface area contributed by atoms with Gasteiger partial charge in [-0.3, -0.25) is 9.78 Å². The lowest BCUT2D eigenvalue weighted by Crippen LogP contribution is -2.29. The summed E-state index contributed by atoms with van der Waals surface area (Å²) in [6, 6.07) is 4.66. The molecule has 0 aliphatic heterocycles. The van der Waals surface area contributed by atoms with Crippen LogP contribution in [0, 0.1) is 5.41 Å². The molecule has 1 atom stereocenters. The molecule has 5 heteroatoms. The first-order chi connectivity index (χ1) is 15.4. The van der Waals surface area contributed by atoms with Crippen molar-refractivity contribution in [3.05, 3.63) is 63.5 Å². The second-order valence-corrected chi connectivity index (χ2v) is 11.1. The SMILES string of the molecule is CC(C)c1nc2c(c(C3CCCC3)c1C(=O)c1ccc(C(F)(F)F)cc1)[C@@H](C)CC(C)(C)C2. The van der Waals surface area contributed by atoms with Gasteiger partial charge in [-0.25, -0.2) is 0 Å². The van der Waals surface area contributed by atoms with Crippen LogP contribution in [0.3, 0.4) is 0 Å². The second-order valence-electron chi connectivity index (χ2n) is 11.1. The molecule has 0 N–H and O–H groups in total. The van der Waals surface area contributed by atoms with E-state index in [0.717, 1.165) is 67.6 Å². The van der Waals surface area contributed by atoms with Crippen molar-refractivity contribution in [3.63, 3.8) is 0 Å². The fourth-order valence-electron chi connectivity index (χ4n) is 6.08. The maximum Gasteiger partial charge on any atom is 0.416 e. The quantitative estimate of drug-likeness (QED) is 0.433. The van der Waals surface area contributed by atoms with E-state index in [0.29, 0.717) is 23.0 Å². The van der Waals surface area contributed by atoms with Crippen molar-refractivity contribution in [2.45, 2.75) is 97.1 Å². The molecule has 1 fully saturated rings. The minimum Gasteiger partial charge on any atom is -0.289 e. The number of carbonyl (C=O) groups is 1. The van der Waals surface area contributed by atoms with Gasteiger partial charge < -0.3 is 0 Å². The first-order valence-electron chi connectivity index (χ1n) is 12.2. The van der Waals surface area contributed by atoms with Crippen molar-refractivity contribution >= 4 is 5.78 Å². The van der Waals surface area contributed by atoms with Crippen LogP contribution in [0.25, 0.3) is 0 Å². The molecule has 0 bridgehead atoms. The Hall–Kier alpha value is -2.17. The molecule has 0 radical (unpaired) electrons. The average molecular weight is 458 g/mol. The summed E-state index contributed by atoms with van der Waals surface area (Å²) in [5.74, 6) is 0.467. The molecule has 178 valence electrons. The summed E-state index contributed by atoms with van der Waals surface area (Å²) in [6.07, 6.45) is 1.90. The van der Waals surface area contributed by atoms with Crippen molar-refractivity contribution in [2.24, 2.45) is 5.41 Å². The number of pyridine rings is 1. The number of alkyl halides is 3. The molecule has 1 aromatic carbocycles. The Morgan fingerprint density at radius 3 is 2.21 bits per heavy atom. The van der Waals surface area contributed by atoms with E-state index in [4.69, 9.17) is 4.98 Å². The molecule has 0 amide bonds. The Bertz CT molecular complexity index is 1040. The van der Waals surface area contributed by atoms with E-state index in [2.05, 4.69) is 20.8 Å². The normalized spacial score (nSPS) is 20.8. The topological polar surface area (TPSA) is 30.0 Å². The fourth-order valence-corrected chi connectivity index (χ4v) is 6.08. The first kappa shape index (κ1) is 24.0. The zero-order chi connectivity index (χ0) is 24.1. The largest absolute Gasteiger partial charge is 0.416 e. The number of benzene rings is 1. The van der Waals surface area contributed by atoms with Crippen molar-refractivity contribution in [1.82, 2.24) is 4.98 Å². The summed E-state index contributed by atoms with van der Waals surface area (Å²) in [5.41, 5.74) is 4.67. The maximum absolute atomic E-state index is 13.9.